The number of methoxy groups -OCH3 is 1. The Morgan fingerprint density at radius 1 is 1.20 bits per heavy atom. The largest absolute Gasteiger partial charge is 0.496 e. The van der Waals surface area contributed by atoms with Crippen LogP contribution < -0.4 is 15.4 Å². The van der Waals surface area contributed by atoms with Crippen molar-refractivity contribution in [1.82, 2.24) is 15.0 Å². The highest BCUT2D eigenvalue weighted by atomic mass is 19.1. The van der Waals surface area contributed by atoms with E-state index >= 15 is 0 Å². The first-order chi connectivity index (χ1) is 19.4. The van der Waals surface area contributed by atoms with E-state index in [1.807, 2.05) is 23.1 Å². The number of carbonyl (C=O) groups is 1. The first-order valence-electron chi connectivity index (χ1n) is 12.7. The molecule has 0 amide bonds. The molecule has 40 heavy (non-hydrogen) atoms. The number of aliphatic hydroxyl groups is 1. The van der Waals surface area contributed by atoms with Crippen molar-refractivity contribution in [3.63, 3.8) is 0 Å². The molecule has 2 atom stereocenters. The third kappa shape index (κ3) is 5.25. The second-order valence-electron chi connectivity index (χ2n) is 9.52. The van der Waals surface area contributed by atoms with E-state index in [9.17, 15) is 19.6 Å². The molecule has 1 aliphatic heterocycles. The molecule has 0 bridgehead atoms. The van der Waals surface area contributed by atoms with Gasteiger partial charge in [0.25, 0.3) is 0 Å². The maximum absolute atomic E-state index is 14.7. The standard InChI is InChI=1S/C30H27FN6O3/c1-40-27-6-2-5-23(31)28(27)30-35-11-9-24(36-30)26(39)13-18-7-8-19(29-20(15-32)4-3-10-34-29)12-25(18)37-16-21(33)14-22(37)17-38/h2-12,21-22,38H,13-14,16-17,33H2,1H3/t21-,22-/m0/s1. The van der Waals surface area contributed by atoms with Gasteiger partial charge in [0.05, 0.1) is 36.6 Å². The number of carbonyl (C=O) groups excluding carboxylic acids is 1. The molecule has 0 aliphatic carbocycles. The Balaban J connectivity index is 1.53. The quantitative estimate of drug-likeness (QED) is 0.323. The topological polar surface area (TPSA) is 138 Å². The molecule has 9 nitrogen and oxygen atoms in total. The number of halogens is 1. The van der Waals surface area contributed by atoms with Crippen LogP contribution in [0.15, 0.2) is 67.0 Å². The van der Waals surface area contributed by atoms with Crippen molar-refractivity contribution in [2.45, 2.75) is 24.9 Å². The zero-order chi connectivity index (χ0) is 28.2. The lowest BCUT2D eigenvalue weighted by molar-refractivity contribution is 0.0988. The minimum atomic E-state index is -0.562. The Morgan fingerprint density at radius 3 is 2.83 bits per heavy atom. The monoisotopic (exact) mass is 538 g/mol. The summed E-state index contributed by atoms with van der Waals surface area (Å²) in [7, 11) is 1.42. The molecule has 1 fully saturated rings. The first-order valence-corrected chi connectivity index (χ1v) is 12.7. The number of Topliss-reactive ketones (excluding diaryl/α,β-unsaturated/α-hetero) is 1. The molecule has 1 saturated heterocycles. The number of pyridine rings is 1. The Kier molecular flexibility index (Phi) is 7.77. The van der Waals surface area contributed by atoms with Crippen LogP contribution in [-0.2, 0) is 6.42 Å². The lowest BCUT2D eigenvalue weighted by Crippen LogP contribution is -2.34. The van der Waals surface area contributed by atoms with Crippen LogP contribution in [0.3, 0.4) is 0 Å². The van der Waals surface area contributed by atoms with Crippen molar-refractivity contribution in [3.8, 4) is 34.5 Å². The van der Waals surface area contributed by atoms with Gasteiger partial charge in [0.15, 0.2) is 11.6 Å². The van der Waals surface area contributed by atoms with Crippen molar-refractivity contribution in [2.24, 2.45) is 5.73 Å². The molecule has 2 aromatic heterocycles. The average molecular weight is 539 g/mol. The third-order valence-corrected chi connectivity index (χ3v) is 6.97. The fraction of sp³-hybridized carbons (Fsp3) is 0.233. The Bertz CT molecular complexity index is 1600. The summed E-state index contributed by atoms with van der Waals surface area (Å²) in [6.07, 6.45) is 3.61. The van der Waals surface area contributed by atoms with Gasteiger partial charge in [-0.25, -0.2) is 14.4 Å². The summed E-state index contributed by atoms with van der Waals surface area (Å²) >= 11 is 0. The van der Waals surface area contributed by atoms with E-state index in [-0.39, 0.29) is 53.7 Å². The number of anilines is 1. The fourth-order valence-corrected chi connectivity index (χ4v) is 5.06. The number of benzene rings is 2. The van der Waals surface area contributed by atoms with Gasteiger partial charge in [-0.05, 0) is 48.4 Å². The van der Waals surface area contributed by atoms with Crippen molar-refractivity contribution in [2.75, 3.05) is 25.2 Å². The third-order valence-electron chi connectivity index (χ3n) is 6.97. The van der Waals surface area contributed by atoms with Gasteiger partial charge in [0, 0.05) is 42.7 Å². The SMILES string of the molecule is COc1cccc(F)c1-c1nccc(C(=O)Cc2ccc(-c3ncccc3C#N)cc2N2C[C@@H](N)C[C@H]2CO)n1. The molecule has 2 aromatic carbocycles. The zero-order valence-corrected chi connectivity index (χ0v) is 21.8. The van der Waals surface area contributed by atoms with Crippen molar-refractivity contribution in [3.05, 3.63) is 89.6 Å². The maximum atomic E-state index is 14.7. The molecule has 3 heterocycles. The predicted molar refractivity (Wildman–Crippen MR) is 147 cm³/mol. The first kappa shape index (κ1) is 26.9. The number of nitrogens with two attached hydrogens (primary N) is 1. The number of hydrogen-bond donors (Lipinski definition) is 2. The average Bonchev–Trinajstić information content (AvgIpc) is 3.37. The molecule has 0 unspecified atom stereocenters. The Morgan fingerprint density at radius 2 is 2.05 bits per heavy atom. The van der Waals surface area contributed by atoms with E-state index in [2.05, 4.69) is 21.0 Å². The minimum Gasteiger partial charge on any atom is -0.496 e. The molecular weight excluding hydrogens is 511 g/mol. The molecule has 3 N–H and O–H groups in total. The molecule has 1 aliphatic rings. The van der Waals surface area contributed by atoms with Crippen LogP contribution >= 0.6 is 0 Å². The highest BCUT2D eigenvalue weighted by Gasteiger charge is 2.31. The van der Waals surface area contributed by atoms with Crippen LogP contribution in [0.4, 0.5) is 10.1 Å². The summed E-state index contributed by atoms with van der Waals surface area (Å²) in [5, 5.41) is 19.7. The molecule has 5 rings (SSSR count). The lowest BCUT2D eigenvalue weighted by atomic mass is 9.98. The second kappa shape index (κ2) is 11.6. The minimum absolute atomic E-state index is 0.0162. The molecule has 0 spiro atoms. The predicted octanol–water partition coefficient (Wildman–Crippen LogP) is 3.55. The number of ether oxygens (including phenoxy) is 1. The number of aromatic nitrogens is 3. The van der Waals surface area contributed by atoms with Crippen molar-refractivity contribution in [1.29, 1.82) is 5.26 Å². The van der Waals surface area contributed by atoms with Crippen LogP contribution in [0.5, 0.6) is 5.75 Å². The summed E-state index contributed by atoms with van der Waals surface area (Å²) in [6.45, 7) is 0.395. The van der Waals surface area contributed by atoms with Crippen LogP contribution in [0.1, 0.15) is 28.0 Å². The normalized spacial score (nSPS) is 16.5. The van der Waals surface area contributed by atoms with E-state index in [0.717, 1.165) is 5.69 Å². The number of nitrogens with zero attached hydrogens (tertiary/aromatic N) is 5. The van der Waals surface area contributed by atoms with Crippen LogP contribution in [-0.4, -0.2) is 58.2 Å². The Labute approximate surface area is 230 Å². The number of aliphatic hydroxyl groups excluding tert-OH is 1. The van der Waals surface area contributed by atoms with Gasteiger partial charge in [-0.1, -0.05) is 18.2 Å². The second-order valence-corrected chi connectivity index (χ2v) is 9.52. The van der Waals surface area contributed by atoms with E-state index < -0.39 is 5.82 Å². The lowest BCUT2D eigenvalue weighted by Gasteiger charge is -2.28. The van der Waals surface area contributed by atoms with Crippen LogP contribution in [0.2, 0.25) is 0 Å². The highest BCUT2D eigenvalue weighted by molar-refractivity contribution is 5.97. The molecule has 202 valence electrons. The van der Waals surface area contributed by atoms with Gasteiger partial charge < -0.3 is 20.5 Å². The van der Waals surface area contributed by atoms with Gasteiger partial charge >= 0.3 is 0 Å². The van der Waals surface area contributed by atoms with Gasteiger partial charge in [-0.2, -0.15) is 5.26 Å². The Hall–Kier alpha value is -4.72. The fourth-order valence-electron chi connectivity index (χ4n) is 5.06. The van der Waals surface area contributed by atoms with Crippen LogP contribution in [0.25, 0.3) is 22.6 Å². The molecule has 0 saturated carbocycles. The smallest absolute Gasteiger partial charge is 0.185 e. The highest BCUT2D eigenvalue weighted by Crippen LogP contribution is 2.34. The number of nitriles is 1. The van der Waals surface area contributed by atoms with Crippen molar-refractivity contribution < 1.29 is 19.0 Å². The maximum Gasteiger partial charge on any atom is 0.185 e. The number of ketones is 1. The summed E-state index contributed by atoms with van der Waals surface area (Å²) in [5.74, 6) is -0.559. The van der Waals surface area contributed by atoms with Crippen LogP contribution in [0, 0.1) is 17.1 Å². The summed E-state index contributed by atoms with van der Waals surface area (Å²) in [4.78, 5) is 28.5. The molecule has 4 aromatic rings. The molecular formula is C30H27FN6O3. The zero-order valence-electron chi connectivity index (χ0n) is 21.8. The van der Waals surface area contributed by atoms with E-state index in [4.69, 9.17) is 10.5 Å². The van der Waals surface area contributed by atoms with Gasteiger partial charge in [-0.15, -0.1) is 0 Å². The number of hydrogen-bond acceptors (Lipinski definition) is 9. The van der Waals surface area contributed by atoms with Gasteiger partial charge in [0.1, 0.15) is 23.3 Å². The summed E-state index contributed by atoms with van der Waals surface area (Å²) < 4.78 is 19.9. The summed E-state index contributed by atoms with van der Waals surface area (Å²) in [6, 6.07) is 16.6. The van der Waals surface area contributed by atoms with E-state index in [1.54, 1.807) is 24.4 Å². The molecule has 0 radical (unpaired) electrons. The van der Waals surface area contributed by atoms with Gasteiger partial charge in [0.2, 0.25) is 0 Å². The molecule has 10 heteroatoms. The van der Waals surface area contributed by atoms with E-state index in [0.29, 0.717) is 35.3 Å². The summed E-state index contributed by atoms with van der Waals surface area (Å²) in [5.41, 5.74) is 9.50. The number of rotatable bonds is 8. The van der Waals surface area contributed by atoms with Gasteiger partial charge in [-0.3, -0.25) is 9.78 Å². The van der Waals surface area contributed by atoms with E-state index in [1.165, 1.54) is 31.5 Å². The van der Waals surface area contributed by atoms with Crippen molar-refractivity contribution >= 4 is 11.5 Å².